The summed E-state index contributed by atoms with van der Waals surface area (Å²) in [5.41, 5.74) is 5.33. The quantitative estimate of drug-likeness (QED) is 0.741. The molecule has 1 aromatic heterocycles. The summed E-state index contributed by atoms with van der Waals surface area (Å²) >= 11 is 0. The van der Waals surface area contributed by atoms with Crippen LogP contribution in [0, 0.1) is 0 Å². The molecule has 0 bridgehead atoms. The molecule has 0 radical (unpaired) electrons. The van der Waals surface area contributed by atoms with E-state index in [1.807, 2.05) is 18.2 Å². The SMILES string of the molecule is N[C@@H](CSSc1ccccn1)C(=O)O. The zero-order valence-corrected chi connectivity index (χ0v) is 8.92. The largest absolute Gasteiger partial charge is 0.480 e. The molecule has 0 aliphatic heterocycles. The normalized spacial score (nSPS) is 12.4. The molecule has 1 heterocycles. The second-order valence-corrected chi connectivity index (χ2v) is 4.84. The molecule has 14 heavy (non-hydrogen) atoms. The fourth-order valence-electron chi connectivity index (χ4n) is 0.635. The third-order valence-corrected chi connectivity index (χ3v) is 3.65. The molecule has 0 unspecified atom stereocenters. The highest BCUT2D eigenvalue weighted by Crippen LogP contribution is 2.28. The standard InChI is InChI=1S/C8H10N2O2S2/c9-6(8(11)12)5-13-14-7-3-1-2-4-10-7/h1-4,6H,5,9H2,(H,11,12)/t6-/m0/s1. The number of hydrogen-bond donors (Lipinski definition) is 2. The fraction of sp³-hybridized carbons (Fsp3) is 0.250. The van der Waals surface area contributed by atoms with Crippen molar-refractivity contribution in [3.63, 3.8) is 0 Å². The summed E-state index contributed by atoms with van der Waals surface area (Å²) in [7, 11) is 2.82. The van der Waals surface area contributed by atoms with Gasteiger partial charge in [0, 0.05) is 11.9 Å². The second kappa shape index (κ2) is 5.90. The topological polar surface area (TPSA) is 76.2 Å². The third kappa shape index (κ3) is 3.99. The minimum absolute atomic E-state index is 0.372. The molecule has 0 aliphatic carbocycles. The van der Waals surface area contributed by atoms with Gasteiger partial charge in [0.15, 0.2) is 0 Å². The van der Waals surface area contributed by atoms with Crippen LogP contribution in [0.25, 0.3) is 0 Å². The van der Waals surface area contributed by atoms with Gasteiger partial charge in [-0.05, 0) is 22.9 Å². The smallest absolute Gasteiger partial charge is 0.321 e. The maximum atomic E-state index is 10.4. The first kappa shape index (κ1) is 11.4. The number of rotatable bonds is 5. The van der Waals surface area contributed by atoms with E-state index < -0.39 is 12.0 Å². The average molecular weight is 230 g/mol. The number of carbonyl (C=O) groups is 1. The second-order valence-electron chi connectivity index (χ2n) is 2.48. The van der Waals surface area contributed by atoms with Crippen LogP contribution in [-0.2, 0) is 4.79 Å². The Balaban J connectivity index is 2.26. The number of aliphatic carboxylic acids is 1. The van der Waals surface area contributed by atoms with Gasteiger partial charge in [-0.15, -0.1) is 0 Å². The van der Waals surface area contributed by atoms with Gasteiger partial charge < -0.3 is 10.8 Å². The highest BCUT2D eigenvalue weighted by atomic mass is 33.1. The summed E-state index contributed by atoms with van der Waals surface area (Å²) in [4.78, 5) is 14.5. The van der Waals surface area contributed by atoms with Crippen LogP contribution in [0.5, 0.6) is 0 Å². The molecular formula is C8H10N2O2S2. The highest BCUT2D eigenvalue weighted by molar-refractivity contribution is 8.76. The van der Waals surface area contributed by atoms with Gasteiger partial charge in [0.25, 0.3) is 0 Å². The van der Waals surface area contributed by atoms with Gasteiger partial charge in [0.1, 0.15) is 11.1 Å². The number of carboxylic acid groups (broad SMARTS) is 1. The minimum Gasteiger partial charge on any atom is -0.480 e. The number of aromatic nitrogens is 1. The van der Waals surface area contributed by atoms with E-state index in [-0.39, 0.29) is 0 Å². The molecule has 0 saturated carbocycles. The van der Waals surface area contributed by atoms with Crippen molar-refractivity contribution in [2.45, 2.75) is 11.1 Å². The van der Waals surface area contributed by atoms with Gasteiger partial charge in [-0.3, -0.25) is 4.79 Å². The molecule has 1 rings (SSSR count). The predicted octanol–water partition coefficient (Wildman–Crippen LogP) is 1.23. The number of nitrogens with zero attached hydrogens (tertiary/aromatic N) is 1. The summed E-state index contributed by atoms with van der Waals surface area (Å²) in [6, 6.07) is 4.77. The van der Waals surface area contributed by atoms with Gasteiger partial charge in [-0.1, -0.05) is 16.9 Å². The Labute approximate surface area is 89.7 Å². The van der Waals surface area contributed by atoms with Crippen molar-refractivity contribution < 1.29 is 9.90 Å². The minimum atomic E-state index is -0.973. The van der Waals surface area contributed by atoms with Crippen LogP contribution in [0.4, 0.5) is 0 Å². The molecule has 0 saturated heterocycles. The van der Waals surface area contributed by atoms with Crippen molar-refractivity contribution in [1.82, 2.24) is 4.98 Å². The number of nitrogens with two attached hydrogens (primary N) is 1. The Morgan fingerprint density at radius 3 is 3.00 bits per heavy atom. The van der Waals surface area contributed by atoms with Gasteiger partial charge in [0.05, 0.1) is 0 Å². The van der Waals surface area contributed by atoms with Crippen LogP contribution in [0.1, 0.15) is 0 Å². The van der Waals surface area contributed by atoms with Gasteiger partial charge in [-0.2, -0.15) is 0 Å². The lowest BCUT2D eigenvalue weighted by Crippen LogP contribution is -2.32. The number of hydrogen-bond acceptors (Lipinski definition) is 5. The summed E-state index contributed by atoms with van der Waals surface area (Å²) in [6.07, 6.45) is 1.69. The summed E-state index contributed by atoms with van der Waals surface area (Å²) in [6.45, 7) is 0. The van der Waals surface area contributed by atoms with Gasteiger partial charge in [-0.25, -0.2) is 4.98 Å². The van der Waals surface area contributed by atoms with E-state index in [0.29, 0.717) is 5.75 Å². The van der Waals surface area contributed by atoms with E-state index in [1.165, 1.54) is 21.6 Å². The lowest BCUT2D eigenvalue weighted by atomic mass is 10.4. The van der Waals surface area contributed by atoms with Gasteiger partial charge >= 0.3 is 5.97 Å². The molecule has 4 nitrogen and oxygen atoms in total. The molecule has 6 heteroatoms. The van der Waals surface area contributed by atoms with Crippen LogP contribution in [0.15, 0.2) is 29.4 Å². The van der Waals surface area contributed by atoms with Crippen molar-refractivity contribution in [3.8, 4) is 0 Å². The first-order chi connectivity index (χ1) is 6.70. The third-order valence-electron chi connectivity index (χ3n) is 1.35. The molecule has 0 spiro atoms. The maximum absolute atomic E-state index is 10.4. The lowest BCUT2D eigenvalue weighted by molar-refractivity contribution is -0.137. The van der Waals surface area contributed by atoms with Crippen LogP contribution in [0.2, 0.25) is 0 Å². The highest BCUT2D eigenvalue weighted by Gasteiger charge is 2.11. The summed E-state index contributed by atoms with van der Waals surface area (Å²) in [5.74, 6) is -0.601. The van der Waals surface area contributed by atoms with Crippen molar-refractivity contribution in [2.24, 2.45) is 5.73 Å². The summed E-state index contributed by atoms with van der Waals surface area (Å²) in [5, 5.41) is 9.37. The maximum Gasteiger partial charge on any atom is 0.321 e. The molecular weight excluding hydrogens is 220 g/mol. The Kier molecular flexibility index (Phi) is 4.78. The monoisotopic (exact) mass is 230 g/mol. The zero-order chi connectivity index (χ0) is 10.4. The number of carboxylic acids is 1. The van der Waals surface area contributed by atoms with Crippen molar-refractivity contribution in [2.75, 3.05) is 5.75 Å². The first-order valence-corrected chi connectivity index (χ1v) is 6.21. The van der Waals surface area contributed by atoms with E-state index in [4.69, 9.17) is 10.8 Å². The van der Waals surface area contributed by atoms with Gasteiger partial charge in [0.2, 0.25) is 0 Å². The van der Waals surface area contributed by atoms with Crippen molar-refractivity contribution in [3.05, 3.63) is 24.4 Å². The Morgan fingerprint density at radius 2 is 2.43 bits per heavy atom. The van der Waals surface area contributed by atoms with Crippen LogP contribution < -0.4 is 5.73 Å². The van der Waals surface area contributed by atoms with Crippen molar-refractivity contribution >= 4 is 27.6 Å². The van der Waals surface area contributed by atoms with E-state index in [1.54, 1.807) is 6.20 Å². The first-order valence-electron chi connectivity index (χ1n) is 3.89. The van der Waals surface area contributed by atoms with E-state index in [2.05, 4.69) is 4.98 Å². The molecule has 1 atom stereocenters. The molecule has 3 N–H and O–H groups in total. The molecule has 76 valence electrons. The van der Waals surface area contributed by atoms with E-state index in [0.717, 1.165) is 5.03 Å². The Hall–Kier alpha value is -0.720. The molecule has 0 aromatic carbocycles. The number of pyridine rings is 1. The van der Waals surface area contributed by atoms with Crippen LogP contribution in [-0.4, -0.2) is 27.9 Å². The fourth-order valence-corrected chi connectivity index (χ4v) is 2.65. The molecule has 0 aliphatic rings. The molecule has 0 amide bonds. The predicted molar refractivity (Wildman–Crippen MR) is 58.2 cm³/mol. The Morgan fingerprint density at radius 1 is 1.64 bits per heavy atom. The zero-order valence-electron chi connectivity index (χ0n) is 7.29. The van der Waals surface area contributed by atoms with Crippen LogP contribution in [0.3, 0.4) is 0 Å². The summed E-state index contributed by atoms with van der Waals surface area (Å²) < 4.78 is 0. The molecule has 1 aromatic rings. The van der Waals surface area contributed by atoms with E-state index in [9.17, 15) is 4.79 Å². The van der Waals surface area contributed by atoms with Crippen LogP contribution >= 0.6 is 21.6 Å². The molecule has 0 fully saturated rings. The Bertz CT molecular complexity index is 295. The lowest BCUT2D eigenvalue weighted by Gasteiger charge is -2.04. The van der Waals surface area contributed by atoms with E-state index >= 15 is 0 Å². The van der Waals surface area contributed by atoms with Crippen molar-refractivity contribution in [1.29, 1.82) is 0 Å². The average Bonchev–Trinajstić information content (AvgIpc) is 2.19.